The first-order chi connectivity index (χ1) is 14.5. The Morgan fingerprint density at radius 3 is 2.47 bits per heavy atom. The van der Waals surface area contributed by atoms with Crippen LogP contribution in [0.3, 0.4) is 0 Å². The summed E-state index contributed by atoms with van der Waals surface area (Å²) < 4.78 is 10.4. The molecule has 2 amide bonds. The molecule has 0 bridgehead atoms. The van der Waals surface area contributed by atoms with Gasteiger partial charge in [-0.25, -0.2) is 0 Å². The number of amides is 2. The van der Waals surface area contributed by atoms with Crippen LogP contribution in [0.5, 0.6) is 5.75 Å². The molecule has 2 aromatic rings. The highest BCUT2D eigenvalue weighted by Crippen LogP contribution is 2.31. The Morgan fingerprint density at radius 2 is 1.80 bits per heavy atom. The summed E-state index contributed by atoms with van der Waals surface area (Å²) in [6, 6.07) is 12.3. The molecule has 0 heterocycles. The average molecular weight is 428 g/mol. The van der Waals surface area contributed by atoms with E-state index >= 15 is 0 Å². The van der Waals surface area contributed by atoms with Gasteiger partial charge in [0, 0.05) is 30.0 Å². The van der Waals surface area contributed by atoms with Gasteiger partial charge in [0.05, 0.1) is 6.61 Å². The summed E-state index contributed by atoms with van der Waals surface area (Å²) in [6.07, 6.45) is 1.89. The second-order valence-electron chi connectivity index (χ2n) is 7.07. The zero-order valence-corrected chi connectivity index (χ0v) is 17.8. The first-order valence-electron chi connectivity index (χ1n) is 9.72. The quantitative estimate of drug-likeness (QED) is 0.441. The largest absolute Gasteiger partial charge is 0.491 e. The van der Waals surface area contributed by atoms with Crippen LogP contribution in [0, 0.1) is 12.8 Å². The molecule has 0 atom stereocenters. The number of thiocarbonyl (C=S) groups is 1. The van der Waals surface area contributed by atoms with Gasteiger partial charge >= 0.3 is 0 Å². The van der Waals surface area contributed by atoms with Gasteiger partial charge in [0.25, 0.3) is 5.91 Å². The normalized spacial score (nSPS) is 12.7. The smallest absolute Gasteiger partial charge is 0.257 e. The third-order valence-electron chi connectivity index (χ3n) is 4.60. The van der Waals surface area contributed by atoms with Crippen molar-refractivity contribution in [1.29, 1.82) is 0 Å². The van der Waals surface area contributed by atoms with Crippen LogP contribution in [0.25, 0.3) is 0 Å². The molecule has 0 spiro atoms. The summed E-state index contributed by atoms with van der Waals surface area (Å²) >= 11 is 5.26. The van der Waals surface area contributed by atoms with Crippen LogP contribution < -0.4 is 20.7 Å². The highest BCUT2D eigenvalue weighted by molar-refractivity contribution is 7.80. The highest BCUT2D eigenvalue weighted by Gasteiger charge is 2.29. The van der Waals surface area contributed by atoms with Gasteiger partial charge in [0.2, 0.25) is 5.91 Å². The number of benzene rings is 2. The Hall–Kier alpha value is -2.97. The van der Waals surface area contributed by atoms with Gasteiger partial charge < -0.3 is 20.1 Å². The molecule has 0 aromatic heterocycles. The van der Waals surface area contributed by atoms with Gasteiger partial charge in [-0.3, -0.25) is 14.9 Å². The zero-order chi connectivity index (χ0) is 21.5. The number of carbonyl (C=O) groups excluding carboxylic acids is 2. The number of ether oxygens (including phenoxy) is 2. The zero-order valence-electron chi connectivity index (χ0n) is 17.0. The lowest BCUT2D eigenvalue weighted by molar-refractivity contribution is -0.117. The average Bonchev–Trinajstić information content (AvgIpc) is 3.56. The van der Waals surface area contributed by atoms with Crippen molar-refractivity contribution >= 4 is 40.5 Å². The molecule has 30 heavy (non-hydrogen) atoms. The summed E-state index contributed by atoms with van der Waals surface area (Å²) in [5.41, 5.74) is 2.82. The summed E-state index contributed by atoms with van der Waals surface area (Å²) in [4.78, 5) is 24.4. The van der Waals surface area contributed by atoms with Gasteiger partial charge in [0.15, 0.2) is 5.11 Å². The summed E-state index contributed by atoms with van der Waals surface area (Å²) in [7, 11) is 1.61. The van der Waals surface area contributed by atoms with Crippen LogP contribution in [0.2, 0.25) is 0 Å². The SMILES string of the molecule is COCCOc1ccc(C(=O)NC(=S)Nc2ccc(C)c(NC(=O)C3CC3)c2)cc1. The molecule has 1 aliphatic carbocycles. The van der Waals surface area contributed by atoms with Crippen LogP contribution in [0.4, 0.5) is 11.4 Å². The number of nitrogens with one attached hydrogen (secondary N) is 3. The van der Waals surface area contributed by atoms with Gasteiger partial charge in [0.1, 0.15) is 12.4 Å². The van der Waals surface area contributed by atoms with Crippen LogP contribution in [-0.4, -0.2) is 37.3 Å². The molecule has 0 unspecified atom stereocenters. The Bertz CT molecular complexity index is 926. The summed E-state index contributed by atoms with van der Waals surface area (Å²) in [6.45, 7) is 2.86. The third kappa shape index (κ3) is 6.27. The number of methoxy groups -OCH3 is 1. The summed E-state index contributed by atoms with van der Waals surface area (Å²) in [5.74, 6) is 0.494. The van der Waals surface area contributed by atoms with E-state index in [1.54, 1.807) is 37.4 Å². The fourth-order valence-electron chi connectivity index (χ4n) is 2.70. The molecule has 1 saturated carbocycles. The van der Waals surface area contributed by atoms with Crippen molar-refractivity contribution < 1.29 is 19.1 Å². The molecule has 1 aliphatic rings. The minimum atomic E-state index is -0.328. The van der Waals surface area contributed by atoms with Crippen molar-refractivity contribution in [3.05, 3.63) is 53.6 Å². The molecule has 8 heteroatoms. The number of hydrogen-bond donors (Lipinski definition) is 3. The van der Waals surface area contributed by atoms with Gasteiger partial charge in [-0.15, -0.1) is 0 Å². The maximum Gasteiger partial charge on any atom is 0.257 e. The molecule has 1 fully saturated rings. The van der Waals surface area contributed by atoms with Crippen molar-refractivity contribution in [2.75, 3.05) is 31.0 Å². The summed E-state index contributed by atoms with van der Waals surface area (Å²) in [5, 5.41) is 8.75. The maximum absolute atomic E-state index is 12.4. The van der Waals surface area contributed by atoms with Crippen LogP contribution in [0.15, 0.2) is 42.5 Å². The molecule has 3 rings (SSSR count). The highest BCUT2D eigenvalue weighted by atomic mass is 32.1. The molecule has 7 nitrogen and oxygen atoms in total. The first-order valence-corrected chi connectivity index (χ1v) is 10.1. The van der Waals surface area contributed by atoms with E-state index in [-0.39, 0.29) is 22.8 Å². The van der Waals surface area contributed by atoms with E-state index in [4.69, 9.17) is 21.7 Å². The maximum atomic E-state index is 12.4. The number of aryl methyl sites for hydroxylation is 1. The monoisotopic (exact) mass is 427 g/mol. The fourth-order valence-corrected chi connectivity index (χ4v) is 2.91. The topological polar surface area (TPSA) is 88.7 Å². The van der Waals surface area contributed by atoms with E-state index in [0.717, 1.165) is 24.1 Å². The van der Waals surface area contributed by atoms with E-state index in [1.807, 2.05) is 19.1 Å². The Morgan fingerprint density at radius 1 is 1.07 bits per heavy atom. The molecular weight excluding hydrogens is 402 g/mol. The molecule has 158 valence electrons. The lowest BCUT2D eigenvalue weighted by atomic mass is 10.1. The number of rotatable bonds is 8. The van der Waals surface area contributed by atoms with Crippen LogP contribution in [0.1, 0.15) is 28.8 Å². The van der Waals surface area contributed by atoms with Crippen LogP contribution in [-0.2, 0) is 9.53 Å². The van der Waals surface area contributed by atoms with Crippen molar-refractivity contribution in [3.8, 4) is 5.75 Å². The second kappa shape index (κ2) is 10.2. The molecule has 3 N–H and O–H groups in total. The van der Waals surface area contributed by atoms with Gasteiger partial charge in [-0.2, -0.15) is 0 Å². The Kier molecular flexibility index (Phi) is 7.37. The first kappa shape index (κ1) is 21.7. The third-order valence-corrected chi connectivity index (χ3v) is 4.81. The predicted octanol–water partition coefficient (Wildman–Crippen LogP) is 3.50. The van der Waals surface area contributed by atoms with E-state index < -0.39 is 0 Å². The van der Waals surface area contributed by atoms with Gasteiger partial charge in [-0.1, -0.05) is 6.07 Å². The minimum absolute atomic E-state index is 0.0424. The molecule has 0 aliphatic heterocycles. The van der Waals surface area contributed by atoms with Crippen LogP contribution >= 0.6 is 12.2 Å². The fraction of sp³-hybridized carbons (Fsp3) is 0.318. The standard InChI is InChI=1S/C22H25N3O4S/c1-14-3-8-17(13-19(14)24-20(26)15-4-5-15)23-22(30)25-21(27)16-6-9-18(10-7-16)29-12-11-28-2/h3,6-10,13,15H,4-5,11-12H2,1-2H3,(H,24,26)(H2,23,25,27,30). The van der Waals surface area contributed by atoms with Crippen molar-refractivity contribution in [3.63, 3.8) is 0 Å². The van der Waals surface area contributed by atoms with E-state index in [9.17, 15) is 9.59 Å². The van der Waals surface area contributed by atoms with Gasteiger partial charge in [-0.05, 0) is 73.9 Å². The number of hydrogen-bond acceptors (Lipinski definition) is 5. The van der Waals surface area contributed by atoms with E-state index in [1.165, 1.54) is 0 Å². The van der Waals surface area contributed by atoms with Crippen molar-refractivity contribution in [2.24, 2.45) is 5.92 Å². The Labute approximate surface area is 181 Å². The Balaban J connectivity index is 1.54. The lowest BCUT2D eigenvalue weighted by Gasteiger charge is -2.13. The molecular formula is C22H25N3O4S. The predicted molar refractivity (Wildman–Crippen MR) is 120 cm³/mol. The van der Waals surface area contributed by atoms with E-state index in [2.05, 4.69) is 16.0 Å². The molecule has 0 saturated heterocycles. The number of anilines is 2. The van der Waals surface area contributed by atoms with Crippen molar-refractivity contribution in [2.45, 2.75) is 19.8 Å². The number of carbonyl (C=O) groups is 2. The van der Waals surface area contributed by atoms with Crippen molar-refractivity contribution in [1.82, 2.24) is 5.32 Å². The molecule has 2 aromatic carbocycles. The minimum Gasteiger partial charge on any atom is -0.491 e. The van der Waals surface area contributed by atoms with E-state index in [0.29, 0.717) is 30.2 Å². The molecule has 0 radical (unpaired) electrons. The lowest BCUT2D eigenvalue weighted by Crippen LogP contribution is -2.34. The second-order valence-corrected chi connectivity index (χ2v) is 7.48.